The Labute approximate surface area is 258 Å². The molecular formula is C42H56. The van der Waals surface area contributed by atoms with Crippen molar-refractivity contribution in [1.29, 1.82) is 0 Å². The van der Waals surface area contributed by atoms with Gasteiger partial charge in [-0.3, -0.25) is 0 Å². The van der Waals surface area contributed by atoms with Crippen LogP contribution in [0.3, 0.4) is 0 Å². The van der Waals surface area contributed by atoms with E-state index >= 15 is 0 Å². The van der Waals surface area contributed by atoms with Crippen LogP contribution in [0.1, 0.15) is 102 Å². The maximum atomic E-state index is 4.37. The Bertz CT molecular complexity index is 1200. The lowest BCUT2D eigenvalue weighted by molar-refractivity contribution is 0.263. The van der Waals surface area contributed by atoms with Crippen molar-refractivity contribution in [3.63, 3.8) is 0 Å². The summed E-state index contributed by atoms with van der Waals surface area (Å²) >= 11 is 0. The zero-order valence-corrected chi connectivity index (χ0v) is 26.8. The SMILES string of the molecule is C=CC(CC=C(C)CCC1CCC(CC2=CCCC(C3=CC=CC3=C)C=C2)CC1)CCC(=C)CCc1ccc(C)cc1. The number of hydrogen-bond acceptors (Lipinski definition) is 0. The summed E-state index contributed by atoms with van der Waals surface area (Å²) in [6.07, 6.45) is 36.1. The molecule has 0 spiro atoms. The maximum absolute atomic E-state index is 4.37. The molecule has 224 valence electrons. The van der Waals surface area contributed by atoms with Crippen molar-refractivity contribution in [3.8, 4) is 0 Å². The lowest BCUT2D eigenvalue weighted by Crippen LogP contribution is -2.15. The molecule has 0 nitrogen and oxygen atoms in total. The van der Waals surface area contributed by atoms with Gasteiger partial charge in [-0.05, 0) is 125 Å². The predicted octanol–water partition coefficient (Wildman–Crippen LogP) is 12.3. The molecule has 0 N–H and O–H groups in total. The molecule has 0 aromatic heterocycles. The normalized spacial score (nSPS) is 23.3. The third-order valence-electron chi connectivity index (χ3n) is 10.1. The Balaban J connectivity index is 1.10. The molecule has 4 rings (SSSR count). The Kier molecular flexibility index (Phi) is 12.7. The first-order valence-electron chi connectivity index (χ1n) is 16.8. The summed E-state index contributed by atoms with van der Waals surface area (Å²) < 4.78 is 0. The number of aryl methyl sites for hydroxylation is 2. The van der Waals surface area contributed by atoms with Crippen molar-refractivity contribution < 1.29 is 0 Å². The smallest absolute Gasteiger partial charge is 0.00298 e. The maximum Gasteiger partial charge on any atom is 0.00298 e. The Morgan fingerprint density at radius 3 is 2.45 bits per heavy atom. The quantitative estimate of drug-likeness (QED) is 0.187. The predicted molar refractivity (Wildman–Crippen MR) is 186 cm³/mol. The van der Waals surface area contributed by atoms with Gasteiger partial charge in [-0.2, -0.15) is 0 Å². The van der Waals surface area contributed by atoms with E-state index in [1.807, 2.05) is 0 Å². The third-order valence-corrected chi connectivity index (χ3v) is 10.1. The van der Waals surface area contributed by atoms with E-state index in [4.69, 9.17) is 0 Å². The van der Waals surface area contributed by atoms with Crippen molar-refractivity contribution >= 4 is 0 Å². The van der Waals surface area contributed by atoms with Gasteiger partial charge in [0.1, 0.15) is 0 Å². The van der Waals surface area contributed by atoms with Gasteiger partial charge < -0.3 is 0 Å². The second-order valence-electron chi connectivity index (χ2n) is 13.5. The van der Waals surface area contributed by atoms with Crippen LogP contribution >= 0.6 is 0 Å². The van der Waals surface area contributed by atoms with E-state index in [2.05, 4.69) is 106 Å². The first-order chi connectivity index (χ1) is 20.4. The highest BCUT2D eigenvalue weighted by Crippen LogP contribution is 2.37. The van der Waals surface area contributed by atoms with Crippen LogP contribution < -0.4 is 0 Å². The van der Waals surface area contributed by atoms with Gasteiger partial charge in [0.05, 0.1) is 0 Å². The van der Waals surface area contributed by atoms with Gasteiger partial charge in [-0.15, -0.1) is 6.58 Å². The lowest BCUT2D eigenvalue weighted by Gasteiger charge is -2.29. The molecule has 0 aliphatic heterocycles. The van der Waals surface area contributed by atoms with Crippen molar-refractivity contribution in [2.75, 3.05) is 0 Å². The van der Waals surface area contributed by atoms with Crippen LogP contribution in [-0.4, -0.2) is 0 Å². The first-order valence-corrected chi connectivity index (χ1v) is 16.8. The van der Waals surface area contributed by atoms with Crippen LogP contribution in [0.4, 0.5) is 0 Å². The molecule has 3 aliphatic carbocycles. The van der Waals surface area contributed by atoms with Gasteiger partial charge in [-0.25, -0.2) is 0 Å². The van der Waals surface area contributed by atoms with E-state index in [1.54, 1.807) is 11.1 Å². The summed E-state index contributed by atoms with van der Waals surface area (Å²) in [5, 5.41) is 0. The molecule has 42 heavy (non-hydrogen) atoms. The molecule has 0 heteroatoms. The van der Waals surface area contributed by atoms with Crippen molar-refractivity contribution in [2.45, 2.75) is 104 Å². The second-order valence-corrected chi connectivity index (χ2v) is 13.5. The van der Waals surface area contributed by atoms with Gasteiger partial charge in [-0.1, -0.05) is 121 Å². The highest BCUT2D eigenvalue weighted by atomic mass is 14.3. The van der Waals surface area contributed by atoms with Gasteiger partial charge >= 0.3 is 0 Å². The molecule has 0 heterocycles. The summed E-state index contributed by atoms with van der Waals surface area (Å²) in [5.41, 5.74) is 9.88. The highest BCUT2D eigenvalue weighted by molar-refractivity contribution is 5.49. The van der Waals surface area contributed by atoms with E-state index in [9.17, 15) is 0 Å². The largest absolute Gasteiger partial charge is 0.103 e. The fourth-order valence-corrected chi connectivity index (χ4v) is 6.96. The highest BCUT2D eigenvalue weighted by Gasteiger charge is 2.22. The first kappa shape index (κ1) is 32.1. The number of allylic oxidation sites excluding steroid dienone is 13. The van der Waals surface area contributed by atoms with Crippen molar-refractivity contribution in [2.24, 2.45) is 23.7 Å². The van der Waals surface area contributed by atoms with E-state index in [1.165, 1.54) is 92.1 Å². The molecule has 2 unspecified atom stereocenters. The van der Waals surface area contributed by atoms with Crippen LogP contribution in [0.15, 0.2) is 120 Å². The molecule has 1 aromatic rings. The molecule has 2 atom stereocenters. The molecule has 0 radical (unpaired) electrons. The summed E-state index contributed by atoms with van der Waals surface area (Å²) in [7, 11) is 0. The number of hydrogen-bond donors (Lipinski definition) is 0. The van der Waals surface area contributed by atoms with Crippen LogP contribution in [0.2, 0.25) is 0 Å². The molecule has 1 fully saturated rings. The van der Waals surface area contributed by atoms with Crippen LogP contribution in [0, 0.1) is 30.6 Å². The summed E-state index contributed by atoms with van der Waals surface area (Å²) in [6.45, 7) is 17.2. The summed E-state index contributed by atoms with van der Waals surface area (Å²) in [4.78, 5) is 0. The number of benzene rings is 1. The average Bonchev–Trinajstić information content (AvgIpc) is 3.29. The number of rotatable bonds is 15. The van der Waals surface area contributed by atoms with E-state index < -0.39 is 0 Å². The van der Waals surface area contributed by atoms with Crippen molar-refractivity contribution in [3.05, 3.63) is 132 Å². The molecule has 0 amide bonds. The molecule has 1 aromatic carbocycles. The van der Waals surface area contributed by atoms with Gasteiger partial charge in [0.15, 0.2) is 0 Å². The third kappa shape index (κ3) is 10.4. The Morgan fingerprint density at radius 2 is 1.74 bits per heavy atom. The van der Waals surface area contributed by atoms with Gasteiger partial charge in [0, 0.05) is 5.92 Å². The fraction of sp³-hybridized carbons (Fsp3) is 0.476. The minimum absolute atomic E-state index is 0.531. The van der Waals surface area contributed by atoms with Crippen LogP contribution in [-0.2, 0) is 6.42 Å². The zero-order valence-electron chi connectivity index (χ0n) is 26.8. The zero-order chi connectivity index (χ0) is 29.7. The van der Waals surface area contributed by atoms with E-state index in [-0.39, 0.29) is 0 Å². The van der Waals surface area contributed by atoms with Gasteiger partial charge in [0.25, 0.3) is 0 Å². The van der Waals surface area contributed by atoms with Crippen LogP contribution in [0.5, 0.6) is 0 Å². The second kappa shape index (κ2) is 16.7. The monoisotopic (exact) mass is 560 g/mol. The lowest BCUT2D eigenvalue weighted by atomic mass is 9.77. The van der Waals surface area contributed by atoms with E-state index in [0.717, 1.165) is 37.5 Å². The minimum atomic E-state index is 0.531. The molecular weight excluding hydrogens is 504 g/mol. The average molecular weight is 561 g/mol. The molecule has 3 aliphatic rings. The Morgan fingerprint density at radius 1 is 0.976 bits per heavy atom. The van der Waals surface area contributed by atoms with Crippen molar-refractivity contribution in [1.82, 2.24) is 0 Å². The summed E-state index contributed by atoms with van der Waals surface area (Å²) in [5.74, 6) is 2.86. The molecule has 1 saturated carbocycles. The van der Waals surface area contributed by atoms with Gasteiger partial charge in [0.2, 0.25) is 0 Å². The van der Waals surface area contributed by atoms with E-state index in [0.29, 0.717) is 11.8 Å². The Hall–Kier alpha value is -2.86. The van der Waals surface area contributed by atoms with Crippen LogP contribution in [0.25, 0.3) is 0 Å². The summed E-state index contributed by atoms with van der Waals surface area (Å²) in [6, 6.07) is 8.92. The minimum Gasteiger partial charge on any atom is -0.103 e. The molecule has 0 saturated heterocycles. The fourth-order valence-electron chi connectivity index (χ4n) is 6.96. The topological polar surface area (TPSA) is 0 Å². The molecule has 0 bridgehead atoms. The standard InChI is InChI=1S/C42H56/c1-6-36(19-13-32(2)15-21-37-22-16-34(4)17-23-37)20-14-33(3)18-24-38-25-27-40(28-26-38)31-39-10-8-11-41(30-29-39)42-12-7-9-35(42)5/h6-7,9-10,12,14,16-17,22-23,29-30,36,38,40-41H,1-2,5,8,11,13,15,18-21,24-28,31H2,3-4H3.